The Kier molecular flexibility index (Phi) is 6.83. The first-order chi connectivity index (χ1) is 19.8. The lowest BCUT2D eigenvalue weighted by Crippen LogP contribution is -2.49. The van der Waals surface area contributed by atoms with Gasteiger partial charge in [-0.2, -0.15) is 0 Å². The molecular formula is C29H23F2N5O4S. The Morgan fingerprint density at radius 2 is 1.90 bits per heavy atom. The summed E-state index contributed by atoms with van der Waals surface area (Å²) < 4.78 is 36.3. The maximum Gasteiger partial charge on any atom is 0.331 e. The Balaban J connectivity index is 1.32. The number of rotatable bonds is 6. The van der Waals surface area contributed by atoms with Crippen molar-refractivity contribution < 1.29 is 27.9 Å². The van der Waals surface area contributed by atoms with Crippen LogP contribution in [0.2, 0.25) is 0 Å². The van der Waals surface area contributed by atoms with E-state index in [1.165, 1.54) is 18.3 Å². The van der Waals surface area contributed by atoms with E-state index in [1.54, 1.807) is 35.2 Å². The first-order valence-corrected chi connectivity index (χ1v) is 13.6. The van der Waals surface area contributed by atoms with E-state index in [9.17, 15) is 14.4 Å². The molecule has 0 radical (unpaired) electrons. The number of pyridine rings is 1. The highest BCUT2D eigenvalue weighted by molar-refractivity contribution is 7.21. The van der Waals surface area contributed by atoms with Crippen molar-refractivity contribution in [2.45, 2.75) is 18.9 Å². The van der Waals surface area contributed by atoms with Crippen LogP contribution in [0, 0.1) is 11.6 Å². The third-order valence-electron chi connectivity index (χ3n) is 6.89. The van der Waals surface area contributed by atoms with Crippen LogP contribution in [0.15, 0.2) is 67.4 Å². The van der Waals surface area contributed by atoms with E-state index in [0.717, 1.165) is 28.4 Å². The fourth-order valence-corrected chi connectivity index (χ4v) is 6.10. The maximum atomic E-state index is 15.4. The number of ether oxygens (including phenoxy) is 1. The number of hydrogen-bond acceptors (Lipinski definition) is 6. The van der Waals surface area contributed by atoms with E-state index in [2.05, 4.69) is 22.2 Å². The molecule has 2 aromatic carbocycles. The summed E-state index contributed by atoms with van der Waals surface area (Å²) in [6.45, 7) is 4.43. The number of nitrogens with zero attached hydrogens (tertiary/aromatic N) is 3. The van der Waals surface area contributed by atoms with Crippen molar-refractivity contribution in [1.82, 2.24) is 15.2 Å². The summed E-state index contributed by atoms with van der Waals surface area (Å²) in [5.41, 5.74) is -0.196. The van der Waals surface area contributed by atoms with Crippen LogP contribution in [0.1, 0.15) is 22.5 Å². The number of benzene rings is 2. The van der Waals surface area contributed by atoms with Crippen molar-refractivity contribution in [3.8, 4) is 11.5 Å². The molecule has 6 rings (SSSR count). The van der Waals surface area contributed by atoms with Crippen LogP contribution in [0.3, 0.4) is 0 Å². The van der Waals surface area contributed by atoms with Gasteiger partial charge in [-0.15, -0.1) is 11.3 Å². The average Bonchev–Trinajstić information content (AvgIpc) is 3.34. The van der Waals surface area contributed by atoms with Crippen molar-refractivity contribution >= 4 is 56.5 Å². The van der Waals surface area contributed by atoms with E-state index >= 15 is 8.78 Å². The number of carbonyl (C=O) groups excluding carboxylic acids is 3. The third-order valence-corrected chi connectivity index (χ3v) is 7.98. The highest BCUT2D eigenvalue weighted by Crippen LogP contribution is 2.47. The summed E-state index contributed by atoms with van der Waals surface area (Å²) in [7, 11) is 0. The summed E-state index contributed by atoms with van der Waals surface area (Å²) in [4.78, 5) is 46.2. The lowest BCUT2D eigenvalue weighted by atomic mass is 10.1. The van der Waals surface area contributed by atoms with Gasteiger partial charge in [0.2, 0.25) is 5.91 Å². The number of halogens is 2. The number of hydrogen-bond donors (Lipinski definition) is 2. The first kappa shape index (κ1) is 26.4. The predicted molar refractivity (Wildman–Crippen MR) is 151 cm³/mol. The number of piperidine rings is 1. The SMILES string of the molecule is C=CC(=O)N1CCCC(NC(=O)c2sc3nccc4c3c2NC(=O)N4c2c(F)cc(Oc3ccccc3)cc2F)C1. The fraction of sp³-hybridized carbons (Fsp3) is 0.172. The number of carbonyl (C=O) groups is 3. The third kappa shape index (κ3) is 4.86. The van der Waals surface area contributed by atoms with E-state index in [0.29, 0.717) is 41.9 Å². The van der Waals surface area contributed by atoms with Gasteiger partial charge in [0.15, 0.2) is 11.6 Å². The lowest BCUT2D eigenvalue weighted by Gasteiger charge is -2.32. The molecule has 4 amide bonds. The minimum Gasteiger partial charge on any atom is -0.457 e. The molecule has 0 saturated carbocycles. The number of urea groups is 1. The molecule has 4 aromatic rings. The van der Waals surface area contributed by atoms with Crippen LogP contribution in [-0.2, 0) is 4.79 Å². The average molecular weight is 576 g/mol. The zero-order chi connectivity index (χ0) is 28.7. The van der Waals surface area contributed by atoms with Gasteiger partial charge in [-0.05, 0) is 37.1 Å². The Labute approximate surface area is 237 Å². The van der Waals surface area contributed by atoms with Crippen LogP contribution in [-0.4, -0.2) is 46.9 Å². The van der Waals surface area contributed by atoms with Crippen LogP contribution in [0.4, 0.5) is 30.6 Å². The standard InChI is InChI=1S/C29H23F2N5O4S/c1-2-22(37)35-12-6-7-16(15-35)33-27(38)26-24-23-21(10-11-32-28(23)41-26)36(29(39)34-24)25-19(30)13-18(14-20(25)31)40-17-8-4-3-5-9-17/h2-5,8-11,13-14,16H,1,6-7,12,15H2,(H,33,38)(H,34,39). The second-order valence-electron chi connectivity index (χ2n) is 9.53. The van der Waals surface area contributed by atoms with Gasteiger partial charge in [-0.1, -0.05) is 24.8 Å². The molecule has 1 fully saturated rings. The number of amides is 4. The Morgan fingerprint density at radius 3 is 2.63 bits per heavy atom. The molecule has 41 heavy (non-hydrogen) atoms. The second kappa shape index (κ2) is 10.6. The molecule has 0 aliphatic carbocycles. The summed E-state index contributed by atoms with van der Waals surface area (Å²) in [6.07, 6.45) is 4.05. The number of aromatic nitrogens is 1. The van der Waals surface area contributed by atoms with Gasteiger partial charge in [0.05, 0.1) is 16.8 Å². The monoisotopic (exact) mass is 575 g/mol. The zero-order valence-electron chi connectivity index (χ0n) is 21.5. The number of thiophene rings is 1. The number of likely N-dealkylation sites (tertiary alicyclic amines) is 1. The Morgan fingerprint density at radius 1 is 1.15 bits per heavy atom. The summed E-state index contributed by atoms with van der Waals surface area (Å²) >= 11 is 1.05. The minimum absolute atomic E-state index is 0.0708. The van der Waals surface area contributed by atoms with Gasteiger partial charge in [0, 0.05) is 37.5 Å². The van der Waals surface area contributed by atoms with Gasteiger partial charge >= 0.3 is 6.03 Å². The smallest absolute Gasteiger partial charge is 0.331 e. The fourth-order valence-electron chi connectivity index (χ4n) is 5.08. The molecule has 0 bridgehead atoms. The van der Waals surface area contributed by atoms with Crippen LogP contribution in [0.5, 0.6) is 11.5 Å². The predicted octanol–water partition coefficient (Wildman–Crippen LogP) is 5.96. The van der Waals surface area contributed by atoms with Gasteiger partial charge in [0.1, 0.15) is 26.9 Å². The van der Waals surface area contributed by atoms with E-state index in [4.69, 9.17) is 4.74 Å². The molecule has 1 saturated heterocycles. The molecule has 1 atom stereocenters. The number of para-hydroxylation sites is 1. The zero-order valence-corrected chi connectivity index (χ0v) is 22.3. The highest BCUT2D eigenvalue weighted by Gasteiger charge is 2.36. The number of nitrogens with one attached hydrogen (secondary N) is 2. The minimum atomic E-state index is -1.01. The normalized spacial score (nSPS) is 16.3. The van der Waals surface area contributed by atoms with Crippen molar-refractivity contribution in [1.29, 1.82) is 0 Å². The van der Waals surface area contributed by atoms with Crippen molar-refractivity contribution in [3.63, 3.8) is 0 Å². The molecule has 12 heteroatoms. The van der Waals surface area contributed by atoms with Gasteiger partial charge < -0.3 is 20.3 Å². The highest BCUT2D eigenvalue weighted by atomic mass is 32.1. The molecule has 9 nitrogen and oxygen atoms in total. The number of anilines is 3. The molecule has 2 N–H and O–H groups in total. The van der Waals surface area contributed by atoms with Crippen molar-refractivity contribution in [2.24, 2.45) is 0 Å². The molecule has 4 heterocycles. The van der Waals surface area contributed by atoms with Crippen LogP contribution < -0.4 is 20.3 Å². The largest absolute Gasteiger partial charge is 0.457 e. The summed E-state index contributed by atoms with van der Waals surface area (Å²) in [5, 5.41) is 5.97. The quantitative estimate of drug-likeness (QED) is 0.276. The van der Waals surface area contributed by atoms with E-state index in [1.807, 2.05) is 0 Å². The summed E-state index contributed by atoms with van der Waals surface area (Å²) in [5.74, 6) is -2.35. The molecule has 2 aliphatic heterocycles. The summed E-state index contributed by atoms with van der Waals surface area (Å²) in [6, 6.07) is 10.9. The molecule has 1 unspecified atom stereocenters. The molecular weight excluding hydrogens is 552 g/mol. The first-order valence-electron chi connectivity index (χ1n) is 12.8. The van der Waals surface area contributed by atoms with Crippen molar-refractivity contribution in [2.75, 3.05) is 23.3 Å². The maximum absolute atomic E-state index is 15.4. The molecule has 0 spiro atoms. The molecule has 2 aliphatic rings. The Bertz CT molecular complexity index is 1690. The topological polar surface area (TPSA) is 104 Å². The van der Waals surface area contributed by atoms with Gasteiger partial charge in [0.25, 0.3) is 5.91 Å². The Hall–Kier alpha value is -4.84. The van der Waals surface area contributed by atoms with Gasteiger partial charge in [-0.25, -0.2) is 18.6 Å². The van der Waals surface area contributed by atoms with Crippen LogP contribution >= 0.6 is 11.3 Å². The van der Waals surface area contributed by atoms with E-state index < -0.39 is 29.3 Å². The molecule has 2 aromatic heterocycles. The lowest BCUT2D eigenvalue weighted by molar-refractivity contribution is -0.127. The van der Waals surface area contributed by atoms with E-state index in [-0.39, 0.29) is 34.0 Å². The molecule has 208 valence electrons. The van der Waals surface area contributed by atoms with Crippen molar-refractivity contribution in [3.05, 3.63) is 83.9 Å². The van der Waals surface area contributed by atoms with Crippen LogP contribution in [0.25, 0.3) is 10.2 Å². The van der Waals surface area contributed by atoms with Gasteiger partial charge in [-0.3, -0.25) is 14.5 Å². The second-order valence-corrected chi connectivity index (χ2v) is 10.5.